The quantitative estimate of drug-likeness (QED) is 0.850. The lowest BCUT2D eigenvalue weighted by molar-refractivity contribution is 0.993. The Labute approximate surface area is 126 Å². The van der Waals surface area contributed by atoms with Crippen LogP contribution >= 0.6 is 34.8 Å². The molecule has 0 amide bonds. The van der Waals surface area contributed by atoms with Crippen molar-refractivity contribution in [3.63, 3.8) is 0 Å². The molecule has 2 aromatic rings. The van der Waals surface area contributed by atoms with E-state index < -0.39 is 0 Å². The standard InChI is InChI=1S/C13H12Cl3N3/c1-8-6-12(19-13(16)18-8)17-5-4-9-2-3-10(14)7-11(9)15/h2-3,6-7H,4-5H2,1H3,(H,17,18,19). The first-order valence-corrected chi connectivity index (χ1v) is 6.87. The molecule has 3 nitrogen and oxygen atoms in total. The molecule has 1 heterocycles. The van der Waals surface area contributed by atoms with Gasteiger partial charge in [-0.2, -0.15) is 0 Å². The molecule has 6 heteroatoms. The molecule has 0 radical (unpaired) electrons. The van der Waals surface area contributed by atoms with E-state index in [0.29, 0.717) is 22.4 Å². The van der Waals surface area contributed by atoms with Gasteiger partial charge >= 0.3 is 0 Å². The second kappa shape index (κ2) is 6.42. The highest BCUT2D eigenvalue weighted by Crippen LogP contribution is 2.21. The van der Waals surface area contributed by atoms with Crippen LogP contribution in [0.4, 0.5) is 5.82 Å². The fourth-order valence-electron chi connectivity index (χ4n) is 1.67. The first kappa shape index (κ1) is 14.4. The highest BCUT2D eigenvalue weighted by atomic mass is 35.5. The van der Waals surface area contributed by atoms with Gasteiger partial charge in [0.2, 0.25) is 5.28 Å². The van der Waals surface area contributed by atoms with E-state index in [1.807, 2.05) is 25.1 Å². The Bertz CT molecular complexity index is 567. The third-order valence-electron chi connectivity index (χ3n) is 2.54. The fourth-order valence-corrected chi connectivity index (χ4v) is 2.40. The van der Waals surface area contributed by atoms with E-state index in [2.05, 4.69) is 15.3 Å². The second-order valence-electron chi connectivity index (χ2n) is 4.08. The maximum atomic E-state index is 6.10. The van der Waals surface area contributed by atoms with Crippen LogP contribution in [0.5, 0.6) is 0 Å². The first-order chi connectivity index (χ1) is 9.04. The largest absolute Gasteiger partial charge is 0.370 e. The summed E-state index contributed by atoms with van der Waals surface area (Å²) in [4.78, 5) is 8.09. The SMILES string of the molecule is Cc1cc(NCCc2ccc(Cl)cc2Cl)nc(Cl)n1. The van der Waals surface area contributed by atoms with E-state index in [9.17, 15) is 0 Å². The highest BCUT2D eigenvalue weighted by molar-refractivity contribution is 6.35. The van der Waals surface area contributed by atoms with Gasteiger partial charge in [-0.3, -0.25) is 0 Å². The topological polar surface area (TPSA) is 37.8 Å². The summed E-state index contributed by atoms with van der Waals surface area (Å²) in [5.41, 5.74) is 1.86. The molecule has 0 fully saturated rings. The van der Waals surface area contributed by atoms with Gasteiger partial charge in [0.15, 0.2) is 0 Å². The minimum absolute atomic E-state index is 0.243. The molecular weight excluding hydrogens is 305 g/mol. The number of aryl methyl sites for hydroxylation is 1. The molecule has 0 atom stereocenters. The predicted molar refractivity (Wildman–Crippen MR) is 80.4 cm³/mol. The lowest BCUT2D eigenvalue weighted by Gasteiger charge is -2.08. The highest BCUT2D eigenvalue weighted by Gasteiger charge is 2.03. The monoisotopic (exact) mass is 315 g/mol. The third kappa shape index (κ3) is 4.23. The summed E-state index contributed by atoms with van der Waals surface area (Å²) in [6.45, 7) is 2.57. The van der Waals surface area contributed by atoms with Crippen molar-refractivity contribution in [3.05, 3.63) is 50.9 Å². The smallest absolute Gasteiger partial charge is 0.224 e. The number of aromatic nitrogens is 2. The van der Waals surface area contributed by atoms with E-state index >= 15 is 0 Å². The van der Waals surface area contributed by atoms with Crippen molar-refractivity contribution in [2.75, 3.05) is 11.9 Å². The van der Waals surface area contributed by atoms with Gasteiger partial charge < -0.3 is 5.32 Å². The lowest BCUT2D eigenvalue weighted by atomic mass is 10.1. The van der Waals surface area contributed by atoms with Crippen LogP contribution in [0.25, 0.3) is 0 Å². The summed E-state index contributed by atoms with van der Waals surface area (Å²) in [7, 11) is 0. The molecule has 1 N–H and O–H groups in total. The minimum Gasteiger partial charge on any atom is -0.370 e. The Morgan fingerprint density at radius 3 is 2.58 bits per heavy atom. The van der Waals surface area contributed by atoms with Crippen LogP contribution in [0, 0.1) is 6.92 Å². The lowest BCUT2D eigenvalue weighted by Crippen LogP contribution is -2.07. The van der Waals surface area contributed by atoms with Crippen LogP contribution in [0.2, 0.25) is 15.3 Å². The molecule has 0 saturated heterocycles. The van der Waals surface area contributed by atoms with Gasteiger partial charge in [-0.15, -0.1) is 0 Å². The molecule has 0 bridgehead atoms. The molecule has 1 aromatic heterocycles. The van der Waals surface area contributed by atoms with Crippen molar-refractivity contribution < 1.29 is 0 Å². The van der Waals surface area contributed by atoms with Crippen LogP contribution in [-0.4, -0.2) is 16.5 Å². The second-order valence-corrected chi connectivity index (χ2v) is 5.26. The van der Waals surface area contributed by atoms with Crippen LogP contribution in [0.15, 0.2) is 24.3 Å². The Kier molecular flexibility index (Phi) is 4.86. The maximum Gasteiger partial charge on any atom is 0.224 e. The zero-order valence-electron chi connectivity index (χ0n) is 10.3. The summed E-state index contributed by atoms with van der Waals surface area (Å²) < 4.78 is 0. The van der Waals surface area contributed by atoms with Crippen LogP contribution in [0.1, 0.15) is 11.3 Å². The molecule has 0 spiro atoms. The van der Waals surface area contributed by atoms with Crippen molar-refractivity contribution in [2.45, 2.75) is 13.3 Å². The summed E-state index contributed by atoms with van der Waals surface area (Å²) in [5, 5.41) is 4.74. The molecule has 0 saturated carbocycles. The van der Waals surface area contributed by atoms with Crippen molar-refractivity contribution >= 4 is 40.6 Å². The fraction of sp³-hybridized carbons (Fsp3) is 0.231. The number of rotatable bonds is 4. The number of hydrogen-bond acceptors (Lipinski definition) is 3. The number of nitrogens with one attached hydrogen (secondary N) is 1. The molecule has 100 valence electrons. The Balaban J connectivity index is 1.96. The third-order valence-corrected chi connectivity index (χ3v) is 3.30. The van der Waals surface area contributed by atoms with Crippen molar-refractivity contribution in [2.24, 2.45) is 0 Å². The summed E-state index contributed by atoms with van der Waals surface area (Å²) in [5.74, 6) is 0.711. The van der Waals surface area contributed by atoms with E-state index in [-0.39, 0.29) is 5.28 Å². The van der Waals surface area contributed by atoms with E-state index in [4.69, 9.17) is 34.8 Å². The number of nitrogens with zero attached hydrogens (tertiary/aromatic N) is 2. The Morgan fingerprint density at radius 2 is 1.89 bits per heavy atom. The summed E-state index contributed by atoms with van der Waals surface area (Å²) in [6.07, 6.45) is 0.774. The predicted octanol–water partition coefficient (Wildman–Crippen LogP) is 4.40. The van der Waals surface area contributed by atoms with Gasteiger partial charge in [-0.05, 0) is 42.6 Å². The van der Waals surface area contributed by atoms with Gasteiger partial charge in [0, 0.05) is 28.4 Å². The van der Waals surface area contributed by atoms with Crippen molar-refractivity contribution in [1.82, 2.24) is 9.97 Å². The van der Waals surface area contributed by atoms with Crippen LogP contribution in [-0.2, 0) is 6.42 Å². The summed E-state index contributed by atoms with van der Waals surface area (Å²) >= 11 is 17.7. The average molecular weight is 317 g/mol. The molecule has 2 rings (SSSR count). The van der Waals surface area contributed by atoms with Crippen LogP contribution < -0.4 is 5.32 Å². The van der Waals surface area contributed by atoms with Crippen LogP contribution in [0.3, 0.4) is 0 Å². The molecule has 0 aliphatic rings. The minimum atomic E-state index is 0.243. The molecule has 0 aliphatic carbocycles. The molecular formula is C13H12Cl3N3. The molecule has 19 heavy (non-hydrogen) atoms. The van der Waals surface area contributed by atoms with E-state index in [0.717, 1.165) is 17.7 Å². The van der Waals surface area contributed by atoms with Gasteiger partial charge in [-0.1, -0.05) is 29.3 Å². The van der Waals surface area contributed by atoms with Gasteiger partial charge in [0.05, 0.1) is 0 Å². The maximum absolute atomic E-state index is 6.10. The number of hydrogen-bond donors (Lipinski definition) is 1. The zero-order chi connectivity index (χ0) is 13.8. The summed E-state index contributed by atoms with van der Waals surface area (Å²) in [6, 6.07) is 7.33. The Hall–Kier alpha value is -1.03. The molecule has 0 unspecified atom stereocenters. The number of halogens is 3. The molecule has 1 aromatic carbocycles. The van der Waals surface area contributed by atoms with Crippen molar-refractivity contribution in [1.29, 1.82) is 0 Å². The van der Waals surface area contributed by atoms with Gasteiger partial charge in [0.1, 0.15) is 5.82 Å². The van der Waals surface area contributed by atoms with Gasteiger partial charge in [0.25, 0.3) is 0 Å². The normalized spacial score (nSPS) is 10.5. The zero-order valence-corrected chi connectivity index (χ0v) is 12.5. The number of anilines is 1. The molecule has 0 aliphatic heterocycles. The van der Waals surface area contributed by atoms with Crippen molar-refractivity contribution in [3.8, 4) is 0 Å². The average Bonchev–Trinajstić information content (AvgIpc) is 2.30. The van der Waals surface area contributed by atoms with E-state index in [1.165, 1.54) is 0 Å². The number of benzene rings is 1. The Morgan fingerprint density at radius 1 is 1.11 bits per heavy atom. The van der Waals surface area contributed by atoms with E-state index in [1.54, 1.807) is 6.07 Å². The first-order valence-electron chi connectivity index (χ1n) is 5.73. The van der Waals surface area contributed by atoms with Gasteiger partial charge in [-0.25, -0.2) is 9.97 Å².